The summed E-state index contributed by atoms with van der Waals surface area (Å²) in [5.41, 5.74) is 2.53. The fourth-order valence-corrected chi connectivity index (χ4v) is 4.50. The van der Waals surface area contributed by atoms with Crippen LogP contribution in [0.4, 0.5) is 17.1 Å². The molecule has 1 unspecified atom stereocenters. The van der Waals surface area contributed by atoms with Gasteiger partial charge in [-0.15, -0.1) is 0 Å². The van der Waals surface area contributed by atoms with E-state index in [0.717, 1.165) is 37.1 Å². The molecule has 0 saturated carbocycles. The molecule has 2 heterocycles. The molecular weight excluding hydrogens is 446 g/mol. The molecule has 1 aromatic heterocycles. The third-order valence-corrected chi connectivity index (χ3v) is 6.36. The van der Waals surface area contributed by atoms with E-state index >= 15 is 0 Å². The summed E-state index contributed by atoms with van der Waals surface area (Å²) in [5.74, 6) is -0.527. The zero-order valence-corrected chi connectivity index (χ0v) is 19.9. The van der Waals surface area contributed by atoms with Crippen molar-refractivity contribution in [3.05, 3.63) is 64.8 Å². The molecule has 1 atom stereocenters. The average molecular weight is 478 g/mol. The van der Waals surface area contributed by atoms with Crippen LogP contribution in [0, 0.1) is 10.1 Å². The van der Waals surface area contributed by atoms with Crippen molar-refractivity contribution in [2.24, 2.45) is 0 Å². The van der Waals surface area contributed by atoms with E-state index in [1.54, 1.807) is 22.9 Å². The number of nitro benzene ring substituents is 1. The van der Waals surface area contributed by atoms with Crippen molar-refractivity contribution in [2.75, 3.05) is 23.3 Å². The number of nitrogens with zero attached hydrogens (tertiary/aromatic N) is 3. The fraction of sp³-hybridized carbons (Fsp3) is 0.385. The van der Waals surface area contributed by atoms with Crippen LogP contribution in [-0.4, -0.2) is 40.4 Å². The number of nitrogens with one attached hydrogen (secondary N) is 2. The fourth-order valence-electron chi connectivity index (χ4n) is 4.50. The molecule has 1 aliphatic rings. The average Bonchev–Trinajstić information content (AvgIpc) is 3.52. The van der Waals surface area contributed by atoms with E-state index in [-0.39, 0.29) is 24.0 Å². The van der Waals surface area contributed by atoms with Gasteiger partial charge >= 0.3 is 0 Å². The Hall–Kier alpha value is -3.88. The summed E-state index contributed by atoms with van der Waals surface area (Å²) >= 11 is 0. The molecule has 2 aromatic carbocycles. The molecule has 0 radical (unpaired) electrons. The van der Waals surface area contributed by atoms with Crippen molar-refractivity contribution in [1.29, 1.82) is 0 Å². The van der Waals surface area contributed by atoms with Crippen molar-refractivity contribution in [1.82, 2.24) is 9.88 Å². The van der Waals surface area contributed by atoms with E-state index in [1.165, 1.54) is 25.0 Å². The Labute approximate surface area is 204 Å². The van der Waals surface area contributed by atoms with E-state index < -0.39 is 11.0 Å². The van der Waals surface area contributed by atoms with Gasteiger partial charge < -0.3 is 20.1 Å². The minimum Gasteiger partial charge on any atom is -0.371 e. The minimum atomic E-state index is -0.652. The van der Waals surface area contributed by atoms with Gasteiger partial charge in [0.2, 0.25) is 11.8 Å². The Morgan fingerprint density at radius 1 is 1.11 bits per heavy atom. The van der Waals surface area contributed by atoms with E-state index in [4.69, 9.17) is 0 Å². The number of fused-ring (bicyclic) bond motifs is 1. The molecule has 35 heavy (non-hydrogen) atoms. The summed E-state index contributed by atoms with van der Waals surface area (Å²) in [6, 6.07) is 13.5. The predicted octanol–water partition coefficient (Wildman–Crippen LogP) is 4.46. The van der Waals surface area contributed by atoms with Crippen molar-refractivity contribution < 1.29 is 14.5 Å². The van der Waals surface area contributed by atoms with Crippen molar-refractivity contribution in [2.45, 2.75) is 51.6 Å². The molecule has 4 rings (SSSR count). The summed E-state index contributed by atoms with van der Waals surface area (Å²) < 4.78 is 1.72. The number of non-ortho nitro benzene ring substituents is 1. The molecule has 2 N–H and O–H groups in total. The Balaban J connectivity index is 1.42. The maximum absolute atomic E-state index is 13.1. The summed E-state index contributed by atoms with van der Waals surface area (Å²) in [4.78, 5) is 38.8. The number of rotatable bonds is 10. The smallest absolute Gasteiger partial charge is 0.270 e. The zero-order valence-electron chi connectivity index (χ0n) is 19.9. The number of amides is 2. The molecule has 0 bridgehead atoms. The summed E-state index contributed by atoms with van der Waals surface area (Å²) in [6.45, 7) is 4.10. The summed E-state index contributed by atoms with van der Waals surface area (Å²) in [7, 11) is 0. The second-order valence-electron chi connectivity index (χ2n) is 8.94. The summed E-state index contributed by atoms with van der Waals surface area (Å²) in [5, 5.41) is 17.6. The predicted molar refractivity (Wildman–Crippen MR) is 137 cm³/mol. The Morgan fingerprint density at radius 3 is 2.66 bits per heavy atom. The molecule has 9 nitrogen and oxygen atoms in total. The molecule has 0 aliphatic carbocycles. The lowest BCUT2D eigenvalue weighted by Gasteiger charge is -2.21. The Bertz CT molecular complexity index is 1220. The first-order valence-corrected chi connectivity index (χ1v) is 12.1. The van der Waals surface area contributed by atoms with Gasteiger partial charge in [0.15, 0.2) is 0 Å². The number of aromatic nitrogens is 1. The standard InChI is InChI=1S/C26H31N5O4/c1-2-3-9-23(26(33)27-20-7-6-8-21(17-20)29-13-4-5-14-29)28-25(32)18-30-15-12-19-16-22(31(34)35)10-11-24(19)30/h6-8,10-12,15-17,23H,2-5,9,13-14,18H2,1H3,(H,27,33)(H,28,32). The highest BCUT2D eigenvalue weighted by Crippen LogP contribution is 2.24. The second-order valence-corrected chi connectivity index (χ2v) is 8.94. The molecule has 184 valence electrons. The van der Waals surface area contributed by atoms with Crippen LogP contribution in [0.1, 0.15) is 39.0 Å². The van der Waals surface area contributed by atoms with Crippen LogP contribution in [0.25, 0.3) is 10.9 Å². The highest BCUT2D eigenvalue weighted by molar-refractivity contribution is 5.97. The number of benzene rings is 2. The SMILES string of the molecule is CCCCC(NC(=O)Cn1ccc2cc([N+](=O)[O-])ccc21)C(=O)Nc1cccc(N2CCCC2)c1. The normalized spacial score (nSPS) is 14.1. The van der Waals surface area contributed by atoms with Crippen molar-refractivity contribution >= 4 is 39.8 Å². The Kier molecular flexibility index (Phi) is 7.64. The van der Waals surface area contributed by atoms with Gasteiger partial charge in [-0.3, -0.25) is 19.7 Å². The lowest BCUT2D eigenvalue weighted by molar-refractivity contribution is -0.384. The number of anilines is 2. The maximum Gasteiger partial charge on any atom is 0.270 e. The van der Waals surface area contributed by atoms with E-state index in [0.29, 0.717) is 17.5 Å². The quantitative estimate of drug-likeness (QED) is 0.331. The van der Waals surface area contributed by atoms with Crippen LogP contribution in [0.3, 0.4) is 0 Å². The van der Waals surface area contributed by atoms with Gasteiger partial charge in [-0.2, -0.15) is 0 Å². The van der Waals surface area contributed by atoms with Crippen LogP contribution in [-0.2, 0) is 16.1 Å². The maximum atomic E-state index is 13.1. The van der Waals surface area contributed by atoms with E-state index in [1.807, 2.05) is 31.2 Å². The van der Waals surface area contributed by atoms with Crippen LogP contribution >= 0.6 is 0 Å². The first-order chi connectivity index (χ1) is 16.9. The van der Waals surface area contributed by atoms with Crippen LogP contribution in [0.15, 0.2) is 54.7 Å². The first kappa shape index (κ1) is 24.3. The number of carbonyl (C=O) groups is 2. The van der Waals surface area contributed by atoms with Gasteiger partial charge in [-0.25, -0.2) is 0 Å². The van der Waals surface area contributed by atoms with Crippen molar-refractivity contribution in [3.8, 4) is 0 Å². The van der Waals surface area contributed by atoms with Gasteiger partial charge in [0, 0.05) is 53.7 Å². The largest absolute Gasteiger partial charge is 0.371 e. The van der Waals surface area contributed by atoms with Gasteiger partial charge in [-0.1, -0.05) is 25.8 Å². The second kappa shape index (κ2) is 11.0. The van der Waals surface area contributed by atoms with Crippen LogP contribution in [0.2, 0.25) is 0 Å². The topological polar surface area (TPSA) is 110 Å². The van der Waals surface area contributed by atoms with E-state index in [2.05, 4.69) is 15.5 Å². The minimum absolute atomic E-state index is 0.00445. The molecule has 9 heteroatoms. The van der Waals surface area contributed by atoms with Gasteiger partial charge in [-0.05, 0) is 49.6 Å². The number of hydrogen-bond donors (Lipinski definition) is 2. The first-order valence-electron chi connectivity index (χ1n) is 12.1. The number of unbranched alkanes of at least 4 members (excludes halogenated alkanes) is 1. The zero-order chi connectivity index (χ0) is 24.8. The monoisotopic (exact) mass is 477 g/mol. The third kappa shape index (κ3) is 5.98. The number of carbonyl (C=O) groups excluding carboxylic acids is 2. The molecule has 1 saturated heterocycles. The lowest BCUT2D eigenvalue weighted by atomic mass is 10.1. The van der Waals surface area contributed by atoms with Crippen LogP contribution < -0.4 is 15.5 Å². The number of nitro groups is 1. The van der Waals surface area contributed by atoms with Gasteiger partial charge in [0.05, 0.1) is 4.92 Å². The van der Waals surface area contributed by atoms with Gasteiger partial charge in [0.25, 0.3) is 5.69 Å². The lowest BCUT2D eigenvalue weighted by Crippen LogP contribution is -2.45. The highest BCUT2D eigenvalue weighted by atomic mass is 16.6. The van der Waals surface area contributed by atoms with E-state index in [9.17, 15) is 19.7 Å². The molecule has 1 aliphatic heterocycles. The summed E-state index contributed by atoms with van der Waals surface area (Å²) in [6.07, 6.45) is 6.33. The number of hydrogen-bond acceptors (Lipinski definition) is 5. The third-order valence-electron chi connectivity index (χ3n) is 6.36. The van der Waals surface area contributed by atoms with Crippen molar-refractivity contribution in [3.63, 3.8) is 0 Å². The van der Waals surface area contributed by atoms with Gasteiger partial charge in [0.1, 0.15) is 12.6 Å². The molecular formula is C26H31N5O4. The molecule has 1 fully saturated rings. The Morgan fingerprint density at radius 2 is 1.91 bits per heavy atom. The molecule has 2 amide bonds. The molecule has 3 aromatic rings. The highest BCUT2D eigenvalue weighted by Gasteiger charge is 2.22. The van der Waals surface area contributed by atoms with Crippen LogP contribution in [0.5, 0.6) is 0 Å². The molecule has 0 spiro atoms.